The van der Waals surface area contributed by atoms with Gasteiger partial charge < -0.3 is 5.32 Å². The van der Waals surface area contributed by atoms with Crippen molar-refractivity contribution in [2.45, 2.75) is 25.8 Å². The molecule has 1 fully saturated rings. The van der Waals surface area contributed by atoms with Gasteiger partial charge in [0.25, 0.3) is 0 Å². The number of nitrogens with zero attached hydrogens (tertiary/aromatic N) is 2. The van der Waals surface area contributed by atoms with Crippen LogP contribution in [0.3, 0.4) is 0 Å². The molecule has 1 unspecified atom stereocenters. The molecule has 15 heavy (non-hydrogen) atoms. The van der Waals surface area contributed by atoms with Gasteiger partial charge in [0.1, 0.15) is 0 Å². The van der Waals surface area contributed by atoms with Crippen molar-refractivity contribution in [1.82, 2.24) is 9.97 Å². The summed E-state index contributed by atoms with van der Waals surface area (Å²) in [6.45, 7) is 2.02. The molecule has 1 aromatic heterocycles. The maximum Gasteiger partial charge on any atom is 0.239 e. The van der Waals surface area contributed by atoms with Crippen molar-refractivity contribution in [1.29, 1.82) is 0 Å². The first-order valence-electron chi connectivity index (χ1n) is 4.96. The van der Waals surface area contributed by atoms with E-state index < -0.39 is 5.82 Å². The summed E-state index contributed by atoms with van der Waals surface area (Å²) in [6.07, 6.45) is 3.50. The van der Waals surface area contributed by atoms with Crippen LogP contribution in [0.15, 0.2) is 6.20 Å². The third-order valence-corrected chi connectivity index (χ3v) is 2.57. The second-order valence-electron chi connectivity index (χ2n) is 3.80. The van der Waals surface area contributed by atoms with Crippen molar-refractivity contribution in [3.05, 3.63) is 12.0 Å². The van der Waals surface area contributed by atoms with Gasteiger partial charge in [-0.3, -0.25) is 5.43 Å². The van der Waals surface area contributed by atoms with Gasteiger partial charge in [0.2, 0.25) is 5.95 Å². The van der Waals surface area contributed by atoms with Gasteiger partial charge in [-0.05, 0) is 25.7 Å². The fourth-order valence-electron chi connectivity index (χ4n) is 1.47. The molecule has 0 amide bonds. The normalized spacial score (nSPS) is 17.3. The molecule has 1 aliphatic rings. The minimum Gasteiger partial charge on any atom is -0.365 e. The second-order valence-corrected chi connectivity index (χ2v) is 3.80. The Morgan fingerprint density at radius 2 is 2.33 bits per heavy atom. The molecule has 82 valence electrons. The standard InChI is InChI=1S/C9H14FN5/c1-5(6-2-3-6)13-8-7(10)4-12-9(14-8)15-11/h4-6H,2-3,11H2,1H3,(H2,12,13,14,15). The first kappa shape index (κ1) is 10.1. The number of nitrogen functional groups attached to an aromatic ring is 1. The lowest BCUT2D eigenvalue weighted by atomic mass is 10.2. The highest BCUT2D eigenvalue weighted by atomic mass is 19.1. The first-order valence-corrected chi connectivity index (χ1v) is 4.96. The van der Waals surface area contributed by atoms with Crippen LogP contribution in [0.4, 0.5) is 16.2 Å². The molecule has 6 heteroatoms. The molecule has 0 aromatic carbocycles. The van der Waals surface area contributed by atoms with E-state index in [1.807, 2.05) is 6.92 Å². The Bertz CT molecular complexity index is 352. The van der Waals surface area contributed by atoms with E-state index in [4.69, 9.17) is 5.84 Å². The van der Waals surface area contributed by atoms with Crippen LogP contribution < -0.4 is 16.6 Å². The number of rotatable bonds is 4. The lowest BCUT2D eigenvalue weighted by Crippen LogP contribution is -2.20. The summed E-state index contributed by atoms with van der Waals surface area (Å²) in [7, 11) is 0. The van der Waals surface area contributed by atoms with E-state index in [-0.39, 0.29) is 17.8 Å². The highest BCUT2D eigenvalue weighted by Gasteiger charge is 2.28. The Labute approximate surface area is 87.3 Å². The van der Waals surface area contributed by atoms with Crippen molar-refractivity contribution >= 4 is 11.8 Å². The van der Waals surface area contributed by atoms with E-state index in [0.29, 0.717) is 5.92 Å². The number of halogens is 1. The van der Waals surface area contributed by atoms with Crippen molar-refractivity contribution in [3.63, 3.8) is 0 Å². The maximum absolute atomic E-state index is 13.3. The largest absolute Gasteiger partial charge is 0.365 e. The quantitative estimate of drug-likeness (QED) is 0.514. The highest BCUT2D eigenvalue weighted by Crippen LogP contribution is 2.33. The maximum atomic E-state index is 13.3. The monoisotopic (exact) mass is 211 g/mol. The minimum absolute atomic E-state index is 0.206. The molecule has 1 atom stereocenters. The molecular weight excluding hydrogens is 197 g/mol. The molecule has 0 aliphatic heterocycles. The zero-order chi connectivity index (χ0) is 10.8. The number of anilines is 2. The highest BCUT2D eigenvalue weighted by molar-refractivity contribution is 5.41. The van der Waals surface area contributed by atoms with E-state index in [0.717, 1.165) is 6.20 Å². The number of nitrogens with one attached hydrogen (secondary N) is 2. The third-order valence-electron chi connectivity index (χ3n) is 2.57. The molecule has 2 rings (SSSR count). The molecular formula is C9H14FN5. The SMILES string of the molecule is CC(Nc1nc(NN)ncc1F)C1CC1. The second kappa shape index (κ2) is 3.98. The van der Waals surface area contributed by atoms with Crippen molar-refractivity contribution in [3.8, 4) is 0 Å². The third kappa shape index (κ3) is 2.33. The van der Waals surface area contributed by atoms with Crippen LogP contribution in [0.5, 0.6) is 0 Å². The fraction of sp³-hybridized carbons (Fsp3) is 0.556. The predicted molar refractivity (Wildman–Crippen MR) is 55.6 cm³/mol. The van der Waals surface area contributed by atoms with Crippen LogP contribution >= 0.6 is 0 Å². The van der Waals surface area contributed by atoms with Gasteiger partial charge in [0.15, 0.2) is 11.6 Å². The number of hydrogen-bond donors (Lipinski definition) is 3. The first-order chi connectivity index (χ1) is 7.20. The van der Waals surface area contributed by atoms with Crippen LogP contribution in [-0.2, 0) is 0 Å². The minimum atomic E-state index is -0.457. The molecule has 1 saturated carbocycles. The summed E-state index contributed by atoms with van der Waals surface area (Å²) in [5.41, 5.74) is 2.28. The van der Waals surface area contributed by atoms with Gasteiger partial charge in [0, 0.05) is 6.04 Å². The summed E-state index contributed by atoms with van der Waals surface area (Å²) in [5.74, 6) is 5.74. The predicted octanol–water partition coefficient (Wildman–Crippen LogP) is 1.11. The zero-order valence-electron chi connectivity index (χ0n) is 8.50. The molecule has 1 heterocycles. The summed E-state index contributed by atoms with van der Waals surface area (Å²) >= 11 is 0. The van der Waals surface area contributed by atoms with Gasteiger partial charge in [0.05, 0.1) is 6.20 Å². The van der Waals surface area contributed by atoms with E-state index >= 15 is 0 Å². The van der Waals surface area contributed by atoms with E-state index in [1.165, 1.54) is 12.8 Å². The molecule has 0 bridgehead atoms. The van der Waals surface area contributed by atoms with Crippen LogP contribution in [0.25, 0.3) is 0 Å². The summed E-state index contributed by atoms with van der Waals surface area (Å²) < 4.78 is 13.3. The lowest BCUT2D eigenvalue weighted by Gasteiger charge is -2.14. The molecule has 5 nitrogen and oxygen atoms in total. The van der Waals surface area contributed by atoms with Gasteiger partial charge in [-0.25, -0.2) is 15.2 Å². The van der Waals surface area contributed by atoms with E-state index in [2.05, 4.69) is 20.7 Å². The van der Waals surface area contributed by atoms with E-state index in [9.17, 15) is 4.39 Å². The summed E-state index contributed by atoms with van der Waals surface area (Å²) in [6, 6.07) is 0.236. The van der Waals surface area contributed by atoms with Crippen LogP contribution in [0.1, 0.15) is 19.8 Å². The molecule has 1 aliphatic carbocycles. The average Bonchev–Trinajstić information content (AvgIpc) is 3.04. The van der Waals surface area contributed by atoms with Crippen LogP contribution in [-0.4, -0.2) is 16.0 Å². The molecule has 4 N–H and O–H groups in total. The average molecular weight is 211 g/mol. The van der Waals surface area contributed by atoms with Gasteiger partial charge >= 0.3 is 0 Å². The summed E-state index contributed by atoms with van der Waals surface area (Å²) in [4.78, 5) is 7.57. The molecule has 1 aromatic rings. The smallest absolute Gasteiger partial charge is 0.239 e. The van der Waals surface area contributed by atoms with E-state index in [1.54, 1.807) is 0 Å². The molecule has 0 saturated heterocycles. The topological polar surface area (TPSA) is 75.9 Å². The molecule has 0 spiro atoms. The van der Waals surface area contributed by atoms with Crippen molar-refractivity contribution < 1.29 is 4.39 Å². The fourth-order valence-corrected chi connectivity index (χ4v) is 1.47. The number of hydrazine groups is 1. The summed E-state index contributed by atoms with van der Waals surface area (Å²) in [5, 5.41) is 3.03. The lowest BCUT2D eigenvalue weighted by molar-refractivity contribution is 0.606. The Kier molecular flexibility index (Phi) is 2.68. The van der Waals surface area contributed by atoms with Crippen LogP contribution in [0.2, 0.25) is 0 Å². The number of nitrogens with two attached hydrogens (primary N) is 1. The Balaban J connectivity index is 2.11. The zero-order valence-corrected chi connectivity index (χ0v) is 8.50. The molecule has 0 radical (unpaired) electrons. The van der Waals surface area contributed by atoms with Gasteiger partial charge in [-0.15, -0.1) is 0 Å². The number of hydrogen-bond acceptors (Lipinski definition) is 5. The Morgan fingerprint density at radius 3 is 2.93 bits per heavy atom. The van der Waals surface area contributed by atoms with Crippen molar-refractivity contribution in [2.75, 3.05) is 10.7 Å². The van der Waals surface area contributed by atoms with Gasteiger partial charge in [-0.1, -0.05) is 0 Å². The Morgan fingerprint density at radius 1 is 1.60 bits per heavy atom. The van der Waals surface area contributed by atoms with Crippen LogP contribution in [0, 0.1) is 11.7 Å². The number of aromatic nitrogens is 2. The Hall–Kier alpha value is -1.43. The van der Waals surface area contributed by atoms with Crippen molar-refractivity contribution in [2.24, 2.45) is 11.8 Å². The van der Waals surface area contributed by atoms with Gasteiger partial charge in [-0.2, -0.15) is 4.98 Å².